The summed E-state index contributed by atoms with van der Waals surface area (Å²) < 4.78 is 26.7. The lowest BCUT2D eigenvalue weighted by molar-refractivity contribution is -0.0401. The van der Waals surface area contributed by atoms with E-state index in [9.17, 15) is 8.78 Å². The molecule has 0 aliphatic carbocycles. The Balaban J connectivity index is 0. The van der Waals surface area contributed by atoms with Gasteiger partial charge >= 0.3 is 0 Å². The summed E-state index contributed by atoms with van der Waals surface area (Å²) >= 11 is 0. The normalized spacial score (nSPS) is 18.4. The van der Waals surface area contributed by atoms with Gasteiger partial charge in [0.2, 0.25) is 5.92 Å². The van der Waals surface area contributed by atoms with Crippen molar-refractivity contribution in [3.05, 3.63) is 0 Å². The molecule has 0 aromatic carbocycles. The van der Waals surface area contributed by atoms with E-state index < -0.39 is 5.92 Å². The van der Waals surface area contributed by atoms with Gasteiger partial charge < -0.3 is 5.73 Å². The second-order valence-corrected chi connectivity index (χ2v) is 5.43. The van der Waals surface area contributed by atoms with Crippen LogP contribution in [0.25, 0.3) is 0 Å². The highest BCUT2D eigenvalue weighted by atomic mass is 19.3. The molecule has 1 rings (SSSR count). The van der Waals surface area contributed by atoms with Crippen LogP contribution in [0.1, 0.15) is 54.4 Å². The van der Waals surface area contributed by atoms with Gasteiger partial charge in [0.1, 0.15) is 0 Å². The van der Waals surface area contributed by atoms with Crippen LogP contribution in [0.5, 0.6) is 0 Å². The van der Waals surface area contributed by atoms with Crippen LogP contribution in [0, 0.1) is 0 Å². The van der Waals surface area contributed by atoms with E-state index in [0.29, 0.717) is 6.04 Å². The molecule has 0 radical (unpaired) electrons. The predicted octanol–water partition coefficient (Wildman–Crippen LogP) is 3.44. The van der Waals surface area contributed by atoms with E-state index in [-0.39, 0.29) is 18.9 Å². The highest BCUT2D eigenvalue weighted by molar-refractivity contribution is 4.81. The molecule has 2 N–H and O–H groups in total. The zero-order valence-corrected chi connectivity index (χ0v) is 15.1. The average molecular weight is 309 g/mol. The van der Waals surface area contributed by atoms with Crippen molar-refractivity contribution in [2.75, 3.05) is 33.2 Å². The van der Waals surface area contributed by atoms with E-state index in [1.165, 1.54) is 7.05 Å². The Labute approximate surface area is 130 Å². The minimum Gasteiger partial charge on any atom is -0.333 e. The maximum absolute atomic E-state index is 13.3. The minimum atomic E-state index is -2.51. The summed E-state index contributed by atoms with van der Waals surface area (Å²) in [6.07, 6.45) is -0.0610. The molecule has 0 saturated carbocycles. The molecule has 1 atom stereocenters. The van der Waals surface area contributed by atoms with Crippen molar-refractivity contribution >= 4 is 0 Å². The van der Waals surface area contributed by atoms with Crippen LogP contribution in [0.2, 0.25) is 0 Å². The number of halogens is 2. The van der Waals surface area contributed by atoms with Crippen molar-refractivity contribution < 1.29 is 8.78 Å². The van der Waals surface area contributed by atoms with Crippen LogP contribution < -0.4 is 5.73 Å². The summed E-state index contributed by atoms with van der Waals surface area (Å²) in [6.45, 7) is 15.7. The molecule has 1 saturated heterocycles. The van der Waals surface area contributed by atoms with Crippen molar-refractivity contribution in [1.82, 2.24) is 9.80 Å². The molecular weight excluding hydrogens is 272 g/mol. The Morgan fingerprint density at radius 2 is 1.33 bits per heavy atom. The lowest BCUT2D eigenvalue weighted by Crippen LogP contribution is -2.52. The van der Waals surface area contributed by atoms with E-state index in [4.69, 9.17) is 0 Å². The van der Waals surface area contributed by atoms with Gasteiger partial charge in [0.05, 0.1) is 0 Å². The molecule has 1 aliphatic rings. The number of nitrogens with two attached hydrogens (primary N) is 1. The SMILES string of the molecule is CC.CCC(F)(F)CC(C)N1CCN(C(C)C)CC1.CN. The Morgan fingerprint density at radius 1 is 0.952 bits per heavy atom. The lowest BCUT2D eigenvalue weighted by Gasteiger charge is -2.40. The number of rotatable bonds is 5. The summed E-state index contributed by atoms with van der Waals surface area (Å²) in [7, 11) is 1.50. The number of hydrogen-bond acceptors (Lipinski definition) is 3. The molecule has 0 amide bonds. The van der Waals surface area contributed by atoms with E-state index in [2.05, 4.69) is 29.4 Å². The zero-order valence-electron chi connectivity index (χ0n) is 15.1. The maximum Gasteiger partial charge on any atom is 0.249 e. The second kappa shape index (κ2) is 12.3. The molecule has 21 heavy (non-hydrogen) atoms. The van der Waals surface area contributed by atoms with Crippen LogP contribution in [0.15, 0.2) is 0 Å². The van der Waals surface area contributed by atoms with Crippen molar-refractivity contribution in [1.29, 1.82) is 0 Å². The molecule has 1 aliphatic heterocycles. The predicted molar refractivity (Wildman–Crippen MR) is 89.1 cm³/mol. The second-order valence-electron chi connectivity index (χ2n) is 5.43. The quantitative estimate of drug-likeness (QED) is 0.844. The molecule has 130 valence electrons. The van der Waals surface area contributed by atoms with Gasteiger partial charge in [-0.3, -0.25) is 9.80 Å². The summed E-state index contributed by atoms with van der Waals surface area (Å²) in [5.41, 5.74) is 4.50. The van der Waals surface area contributed by atoms with Gasteiger partial charge in [0, 0.05) is 51.1 Å². The molecule has 3 nitrogen and oxygen atoms in total. The van der Waals surface area contributed by atoms with Crippen molar-refractivity contribution in [2.45, 2.75) is 72.4 Å². The standard InChI is InChI=1S/C13H26F2N2.C2H6.CH5N/c1-5-13(14,15)10-12(4)17-8-6-16(7-9-17)11(2)3;2*1-2/h11-12H,5-10H2,1-4H3;1-2H3;2H2,1H3. The molecule has 1 unspecified atom stereocenters. The van der Waals surface area contributed by atoms with Gasteiger partial charge in [-0.05, 0) is 27.8 Å². The largest absolute Gasteiger partial charge is 0.333 e. The summed E-state index contributed by atoms with van der Waals surface area (Å²) in [5.74, 6) is -2.51. The summed E-state index contributed by atoms with van der Waals surface area (Å²) in [4.78, 5) is 4.60. The first-order chi connectivity index (χ1) is 9.85. The number of alkyl halides is 2. The van der Waals surface area contributed by atoms with E-state index in [0.717, 1.165) is 26.2 Å². The first kappa shape index (κ1) is 23.0. The number of nitrogens with zero attached hydrogens (tertiary/aromatic N) is 2. The van der Waals surface area contributed by atoms with E-state index >= 15 is 0 Å². The molecule has 0 aromatic rings. The van der Waals surface area contributed by atoms with Crippen molar-refractivity contribution in [3.63, 3.8) is 0 Å². The Bertz CT molecular complexity index is 228. The molecular formula is C16H37F2N3. The zero-order chi connectivity index (χ0) is 17.1. The van der Waals surface area contributed by atoms with Gasteiger partial charge in [-0.1, -0.05) is 20.8 Å². The third kappa shape index (κ3) is 9.38. The Morgan fingerprint density at radius 3 is 1.67 bits per heavy atom. The smallest absolute Gasteiger partial charge is 0.249 e. The summed E-state index contributed by atoms with van der Waals surface area (Å²) in [5, 5.41) is 0. The first-order valence-corrected chi connectivity index (χ1v) is 8.29. The van der Waals surface area contributed by atoms with Gasteiger partial charge in [-0.25, -0.2) is 8.78 Å². The third-order valence-corrected chi connectivity index (χ3v) is 3.81. The number of piperazine rings is 1. The van der Waals surface area contributed by atoms with Gasteiger partial charge in [0.15, 0.2) is 0 Å². The summed E-state index contributed by atoms with van der Waals surface area (Å²) in [6, 6.07) is 0.545. The fourth-order valence-corrected chi connectivity index (χ4v) is 2.40. The Hall–Kier alpha value is -0.260. The van der Waals surface area contributed by atoms with Crippen molar-refractivity contribution in [2.24, 2.45) is 5.73 Å². The fraction of sp³-hybridized carbons (Fsp3) is 1.00. The molecule has 1 heterocycles. The monoisotopic (exact) mass is 309 g/mol. The first-order valence-electron chi connectivity index (χ1n) is 8.29. The number of hydrogen-bond donors (Lipinski definition) is 1. The average Bonchev–Trinajstić information content (AvgIpc) is 2.51. The highest BCUT2D eigenvalue weighted by Crippen LogP contribution is 2.26. The van der Waals surface area contributed by atoms with Crippen LogP contribution in [-0.2, 0) is 0 Å². The van der Waals surface area contributed by atoms with Crippen LogP contribution in [0.3, 0.4) is 0 Å². The van der Waals surface area contributed by atoms with Gasteiger partial charge in [-0.2, -0.15) is 0 Å². The van der Waals surface area contributed by atoms with E-state index in [1.54, 1.807) is 6.92 Å². The van der Waals surface area contributed by atoms with Gasteiger partial charge in [-0.15, -0.1) is 0 Å². The highest BCUT2D eigenvalue weighted by Gasteiger charge is 2.32. The third-order valence-electron chi connectivity index (χ3n) is 3.81. The molecule has 1 fully saturated rings. The molecule has 0 bridgehead atoms. The molecule has 0 spiro atoms. The minimum absolute atomic E-state index is 0.00875. The fourth-order valence-electron chi connectivity index (χ4n) is 2.40. The van der Waals surface area contributed by atoms with Crippen LogP contribution in [0.4, 0.5) is 8.78 Å². The topological polar surface area (TPSA) is 32.5 Å². The van der Waals surface area contributed by atoms with E-state index in [1.807, 2.05) is 20.8 Å². The molecule has 0 aromatic heterocycles. The van der Waals surface area contributed by atoms with Crippen LogP contribution >= 0.6 is 0 Å². The molecule has 5 heteroatoms. The van der Waals surface area contributed by atoms with Gasteiger partial charge in [0.25, 0.3) is 0 Å². The maximum atomic E-state index is 13.3. The van der Waals surface area contributed by atoms with Crippen LogP contribution in [-0.4, -0.2) is 61.0 Å². The lowest BCUT2D eigenvalue weighted by atomic mass is 10.1. The van der Waals surface area contributed by atoms with Crippen molar-refractivity contribution in [3.8, 4) is 0 Å². The Kier molecular flexibility index (Phi) is 13.5.